The van der Waals surface area contributed by atoms with Gasteiger partial charge < -0.3 is 9.32 Å². The molecule has 1 aromatic heterocycles. The molecule has 1 amide bonds. The number of likely N-dealkylation sites (tertiary alicyclic amines) is 1. The van der Waals surface area contributed by atoms with E-state index in [9.17, 15) is 9.59 Å². The summed E-state index contributed by atoms with van der Waals surface area (Å²) in [7, 11) is 0. The van der Waals surface area contributed by atoms with Crippen molar-refractivity contribution in [3.63, 3.8) is 0 Å². The number of hydrogen-bond acceptors (Lipinski definition) is 3. The number of benzene rings is 2. The van der Waals surface area contributed by atoms with Gasteiger partial charge >= 0.3 is 0 Å². The van der Waals surface area contributed by atoms with E-state index in [1.807, 2.05) is 12.1 Å². The van der Waals surface area contributed by atoms with Gasteiger partial charge in [-0.3, -0.25) is 9.59 Å². The lowest BCUT2D eigenvalue weighted by molar-refractivity contribution is 0.0759. The van der Waals surface area contributed by atoms with Gasteiger partial charge in [-0.05, 0) is 36.6 Å². The maximum Gasteiger partial charge on any atom is 0.289 e. The van der Waals surface area contributed by atoms with Gasteiger partial charge in [0, 0.05) is 25.1 Å². The first-order valence-corrected chi connectivity index (χ1v) is 8.51. The zero-order valence-electron chi connectivity index (χ0n) is 14.1. The van der Waals surface area contributed by atoms with E-state index in [4.69, 9.17) is 4.42 Å². The van der Waals surface area contributed by atoms with Crippen LogP contribution in [0.3, 0.4) is 0 Å². The first-order valence-electron chi connectivity index (χ1n) is 8.51. The SMILES string of the molecule is Cc1ccccc1[C@H]1CCN(C(=O)c2cc(=O)c3ccccc3o2)C1. The quantitative estimate of drug-likeness (QED) is 0.718. The highest BCUT2D eigenvalue weighted by molar-refractivity contribution is 5.93. The van der Waals surface area contributed by atoms with Crippen molar-refractivity contribution in [2.45, 2.75) is 19.3 Å². The van der Waals surface area contributed by atoms with Crippen LogP contribution in [-0.4, -0.2) is 23.9 Å². The van der Waals surface area contributed by atoms with Gasteiger partial charge in [0.2, 0.25) is 0 Å². The normalized spacial score (nSPS) is 17.2. The molecule has 1 atom stereocenters. The summed E-state index contributed by atoms with van der Waals surface area (Å²) in [4.78, 5) is 26.8. The molecule has 0 saturated carbocycles. The Balaban J connectivity index is 1.60. The van der Waals surface area contributed by atoms with Gasteiger partial charge in [0.1, 0.15) is 5.58 Å². The molecule has 1 aliphatic rings. The second kappa shape index (κ2) is 6.20. The highest BCUT2D eigenvalue weighted by Gasteiger charge is 2.30. The maximum atomic E-state index is 12.8. The molecule has 4 rings (SSSR count). The third-order valence-corrected chi connectivity index (χ3v) is 4.95. The van der Waals surface area contributed by atoms with E-state index in [-0.39, 0.29) is 17.1 Å². The number of fused-ring (bicyclic) bond motifs is 1. The maximum absolute atomic E-state index is 12.8. The lowest BCUT2D eigenvalue weighted by Gasteiger charge is -2.17. The molecule has 0 aliphatic carbocycles. The fraction of sp³-hybridized carbons (Fsp3) is 0.238. The number of amides is 1. The van der Waals surface area contributed by atoms with Crippen LogP contribution in [0.25, 0.3) is 11.0 Å². The van der Waals surface area contributed by atoms with Crippen LogP contribution in [0.4, 0.5) is 0 Å². The van der Waals surface area contributed by atoms with Crippen molar-refractivity contribution < 1.29 is 9.21 Å². The molecule has 3 aromatic rings. The van der Waals surface area contributed by atoms with Gasteiger partial charge in [0.25, 0.3) is 5.91 Å². The number of aryl methyl sites for hydroxylation is 1. The summed E-state index contributed by atoms with van der Waals surface area (Å²) >= 11 is 0. The van der Waals surface area contributed by atoms with Crippen molar-refractivity contribution >= 4 is 16.9 Å². The van der Waals surface area contributed by atoms with Crippen LogP contribution in [0.1, 0.15) is 34.0 Å². The molecule has 0 bridgehead atoms. The summed E-state index contributed by atoms with van der Waals surface area (Å²) in [5.74, 6) is 0.241. The molecule has 1 fully saturated rings. The average molecular weight is 333 g/mol. The fourth-order valence-corrected chi connectivity index (χ4v) is 3.61. The number of rotatable bonds is 2. The van der Waals surface area contributed by atoms with Crippen molar-refractivity contribution in [1.29, 1.82) is 0 Å². The highest BCUT2D eigenvalue weighted by Crippen LogP contribution is 2.30. The zero-order valence-corrected chi connectivity index (χ0v) is 14.1. The molecule has 4 heteroatoms. The van der Waals surface area contributed by atoms with Gasteiger partial charge in [-0.15, -0.1) is 0 Å². The number of carbonyl (C=O) groups is 1. The Kier molecular flexibility index (Phi) is 3.88. The lowest BCUT2D eigenvalue weighted by atomic mass is 9.94. The summed E-state index contributed by atoms with van der Waals surface area (Å²) in [5.41, 5.74) is 2.81. The van der Waals surface area contributed by atoms with Gasteiger partial charge in [-0.25, -0.2) is 0 Å². The van der Waals surface area contributed by atoms with Crippen LogP contribution in [0.5, 0.6) is 0 Å². The van der Waals surface area contributed by atoms with Crippen LogP contribution in [-0.2, 0) is 0 Å². The molecule has 2 heterocycles. The number of carbonyl (C=O) groups excluding carboxylic acids is 1. The predicted octanol–water partition coefficient (Wildman–Crippen LogP) is 3.73. The highest BCUT2D eigenvalue weighted by atomic mass is 16.3. The molecule has 0 unspecified atom stereocenters. The lowest BCUT2D eigenvalue weighted by Crippen LogP contribution is -2.29. The standard InChI is InChI=1S/C21H19NO3/c1-14-6-2-3-7-16(14)15-10-11-22(13-15)21(24)20-12-18(23)17-8-4-5-9-19(17)25-20/h2-9,12,15H,10-11,13H2,1H3/t15-/m0/s1. The molecular weight excluding hydrogens is 314 g/mol. The Hall–Kier alpha value is -2.88. The van der Waals surface area contributed by atoms with E-state index < -0.39 is 0 Å². The predicted molar refractivity (Wildman–Crippen MR) is 96.9 cm³/mol. The minimum atomic E-state index is -0.209. The third kappa shape index (κ3) is 2.84. The van der Waals surface area contributed by atoms with Crippen LogP contribution in [0.15, 0.2) is 63.8 Å². The Morgan fingerprint density at radius 3 is 2.72 bits per heavy atom. The molecule has 126 valence electrons. The summed E-state index contributed by atoms with van der Waals surface area (Å²) in [5, 5.41) is 0.498. The third-order valence-electron chi connectivity index (χ3n) is 4.95. The second-order valence-electron chi connectivity index (χ2n) is 6.56. The van der Waals surface area contributed by atoms with E-state index in [0.29, 0.717) is 30.0 Å². The topological polar surface area (TPSA) is 50.5 Å². The van der Waals surface area contributed by atoms with Crippen molar-refractivity contribution in [3.8, 4) is 0 Å². The number of hydrogen-bond donors (Lipinski definition) is 0. The largest absolute Gasteiger partial charge is 0.451 e. The van der Waals surface area contributed by atoms with Crippen LogP contribution in [0.2, 0.25) is 0 Å². The molecular formula is C21H19NO3. The van der Waals surface area contributed by atoms with Crippen molar-refractivity contribution in [2.24, 2.45) is 0 Å². The minimum Gasteiger partial charge on any atom is -0.451 e. The van der Waals surface area contributed by atoms with Crippen LogP contribution >= 0.6 is 0 Å². The molecule has 2 aromatic carbocycles. The van der Waals surface area contributed by atoms with E-state index in [0.717, 1.165) is 6.42 Å². The van der Waals surface area contributed by atoms with Gasteiger partial charge in [-0.1, -0.05) is 36.4 Å². The smallest absolute Gasteiger partial charge is 0.289 e. The van der Waals surface area contributed by atoms with Gasteiger partial charge in [-0.2, -0.15) is 0 Å². The average Bonchev–Trinajstić information content (AvgIpc) is 3.11. The van der Waals surface area contributed by atoms with E-state index in [1.165, 1.54) is 17.2 Å². The first kappa shape index (κ1) is 15.6. The molecule has 25 heavy (non-hydrogen) atoms. The van der Waals surface area contributed by atoms with Gasteiger partial charge in [0.05, 0.1) is 5.39 Å². The minimum absolute atomic E-state index is 0.120. The second-order valence-corrected chi connectivity index (χ2v) is 6.56. The Morgan fingerprint density at radius 2 is 1.88 bits per heavy atom. The van der Waals surface area contributed by atoms with E-state index in [1.54, 1.807) is 29.2 Å². The molecule has 0 radical (unpaired) electrons. The first-order chi connectivity index (χ1) is 12.1. The van der Waals surface area contributed by atoms with Crippen LogP contribution < -0.4 is 5.43 Å². The number of para-hydroxylation sites is 1. The fourth-order valence-electron chi connectivity index (χ4n) is 3.61. The Bertz CT molecular complexity index is 1010. The van der Waals surface area contributed by atoms with Crippen molar-refractivity contribution in [2.75, 3.05) is 13.1 Å². The van der Waals surface area contributed by atoms with Crippen molar-refractivity contribution in [3.05, 3.63) is 81.7 Å². The summed E-state index contributed by atoms with van der Waals surface area (Å²) < 4.78 is 5.69. The Labute approximate surface area is 145 Å². The summed E-state index contributed by atoms with van der Waals surface area (Å²) in [6, 6.07) is 16.6. The number of nitrogens with zero attached hydrogens (tertiary/aromatic N) is 1. The summed E-state index contributed by atoms with van der Waals surface area (Å²) in [6.07, 6.45) is 0.925. The summed E-state index contributed by atoms with van der Waals surface area (Å²) in [6.45, 7) is 3.43. The molecule has 1 aliphatic heterocycles. The molecule has 0 N–H and O–H groups in total. The monoisotopic (exact) mass is 333 g/mol. The molecule has 1 saturated heterocycles. The molecule has 0 spiro atoms. The van der Waals surface area contributed by atoms with E-state index >= 15 is 0 Å². The van der Waals surface area contributed by atoms with E-state index in [2.05, 4.69) is 19.1 Å². The van der Waals surface area contributed by atoms with Gasteiger partial charge in [0.15, 0.2) is 11.2 Å². The Morgan fingerprint density at radius 1 is 1.12 bits per heavy atom. The van der Waals surface area contributed by atoms with Crippen LogP contribution in [0, 0.1) is 6.92 Å². The molecule has 4 nitrogen and oxygen atoms in total. The van der Waals surface area contributed by atoms with Crippen molar-refractivity contribution in [1.82, 2.24) is 4.90 Å². The zero-order chi connectivity index (χ0) is 17.4.